The molecule has 32 heavy (non-hydrogen) atoms. The van der Waals surface area contributed by atoms with Gasteiger partial charge >= 0.3 is 5.97 Å². The lowest BCUT2D eigenvalue weighted by atomic mass is 10.1. The zero-order valence-electron chi connectivity index (χ0n) is 16.8. The lowest BCUT2D eigenvalue weighted by Gasteiger charge is -2.14. The third kappa shape index (κ3) is 5.06. The molecule has 0 saturated carbocycles. The van der Waals surface area contributed by atoms with Crippen molar-refractivity contribution in [1.82, 2.24) is 0 Å². The smallest absolute Gasteiger partial charge is 0.363 e. The number of cyclic esters (lactones) is 1. The van der Waals surface area contributed by atoms with Crippen molar-refractivity contribution in [3.63, 3.8) is 0 Å². The van der Waals surface area contributed by atoms with Crippen molar-refractivity contribution in [2.45, 2.75) is 6.61 Å². The first-order valence-corrected chi connectivity index (χ1v) is 11.4. The van der Waals surface area contributed by atoms with Gasteiger partial charge in [0, 0.05) is 9.50 Å². The second kappa shape index (κ2) is 9.90. The number of carbonyl (C=O) groups excluding carboxylic acids is 1. The average molecular weight is 578 g/mol. The molecule has 4 rings (SSSR count). The SMILES string of the molecule is COc1cc(/C=C2\N=C(c3ccccc3Br)OC2=O)cc(Br)c1OCc1cccc(Cl)c1. The molecule has 0 unspecified atom stereocenters. The summed E-state index contributed by atoms with van der Waals surface area (Å²) in [4.78, 5) is 16.7. The lowest BCUT2D eigenvalue weighted by molar-refractivity contribution is -0.129. The van der Waals surface area contributed by atoms with Crippen LogP contribution in [0.5, 0.6) is 11.5 Å². The zero-order chi connectivity index (χ0) is 22.7. The van der Waals surface area contributed by atoms with E-state index in [1.54, 1.807) is 19.3 Å². The summed E-state index contributed by atoms with van der Waals surface area (Å²) in [5.41, 5.74) is 2.53. The predicted octanol–water partition coefficient (Wildman–Crippen LogP) is 6.80. The molecule has 0 bridgehead atoms. The number of methoxy groups -OCH3 is 1. The van der Waals surface area contributed by atoms with Crippen LogP contribution in [-0.4, -0.2) is 19.0 Å². The second-order valence-electron chi connectivity index (χ2n) is 6.77. The van der Waals surface area contributed by atoms with E-state index >= 15 is 0 Å². The monoisotopic (exact) mass is 575 g/mol. The van der Waals surface area contributed by atoms with Gasteiger partial charge in [-0.05, 0) is 85.5 Å². The number of aliphatic imine (C=N–C) groups is 1. The van der Waals surface area contributed by atoms with E-state index in [0.29, 0.717) is 38.7 Å². The van der Waals surface area contributed by atoms with Crippen LogP contribution < -0.4 is 9.47 Å². The van der Waals surface area contributed by atoms with Crippen LogP contribution in [0.3, 0.4) is 0 Å². The predicted molar refractivity (Wildman–Crippen MR) is 131 cm³/mol. The molecule has 1 aliphatic rings. The van der Waals surface area contributed by atoms with E-state index in [-0.39, 0.29) is 11.6 Å². The fourth-order valence-corrected chi connectivity index (χ4v) is 4.30. The molecule has 3 aromatic carbocycles. The van der Waals surface area contributed by atoms with Gasteiger partial charge in [0.15, 0.2) is 17.2 Å². The zero-order valence-corrected chi connectivity index (χ0v) is 20.7. The van der Waals surface area contributed by atoms with E-state index < -0.39 is 5.97 Å². The summed E-state index contributed by atoms with van der Waals surface area (Å²) in [6, 6.07) is 18.4. The second-order valence-corrected chi connectivity index (χ2v) is 8.91. The van der Waals surface area contributed by atoms with Gasteiger partial charge in [-0.25, -0.2) is 9.79 Å². The Bertz CT molecular complexity index is 1260. The average Bonchev–Trinajstić information content (AvgIpc) is 3.13. The van der Waals surface area contributed by atoms with E-state index in [2.05, 4.69) is 36.9 Å². The Kier molecular flexibility index (Phi) is 6.98. The molecule has 0 radical (unpaired) electrons. The molecule has 0 N–H and O–H groups in total. The van der Waals surface area contributed by atoms with Crippen LogP contribution in [0.15, 0.2) is 80.3 Å². The Labute approximate surface area is 206 Å². The van der Waals surface area contributed by atoms with Gasteiger partial charge in [0.1, 0.15) is 6.61 Å². The van der Waals surface area contributed by atoms with Crippen LogP contribution >= 0.6 is 43.5 Å². The van der Waals surface area contributed by atoms with Crippen molar-refractivity contribution in [1.29, 1.82) is 0 Å². The Balaban J connectivity index is 1.60. The van der Waals surface area contributed by atoms with Crippen molar-refractivity contribution in [2.24, 2.45) is 4.99 Å². The highest BCUT2D eigenvalue weighted by Crippen LogP contribution is 2.38. The third-order valence-corrected chi connectivity index (χ3v) is 6.07. The molecule has 162 valence electrons. The highest BCUT2D eigenvalue weighted by molar-refractivity contribution is 9.10. The van der Waals surface area contributed by atoms with E-state index in [4.69, 9.17) is 25.8 Å². The summed E-state index contributed by atoms with van der Waals surface area (Å²) < 4.78 is 18.3. The highest BCUT2D eigenvalue weighted by atomic mass is 79.9. The Hall–Kier alpha value is -2.61. The molecule has 0 fully saturated rings. The van der Waals surface area contributed by atoms with Crippen molar-refractivity contribution >= 4 is 61.4 Å². The number of ether oxygens (including phenoxy) is 3. The molecule has 0 aromatic heterocycles. The van der Waals surface area contributed by atoms with Gasteiger partial charge in [-0.1, -0.05) is 35.9 Å². The van der Waals surface area contributed by atoms with Gasteiger partial charge in [0.2, 0.25) is 5.90 Å². The van der Waals surface area contributed by atoms with Crippen LogP contribution in [0, 0.1) is 0 Å². The molecule has 0 amide bonds. The minimum absolute atomic E-state index is 0.192. The standard InChI is InChI=1S/C24H16Br2ClNO4/c1-30-21-12-15(10-19(26)22(21)31-13-14-5-4-6-16(27)9-14)11-20-24(29)32-23(28-20)17-7-2-3-8-18(17)25/h2-12H,13H2,1H3/b20-11-. The number of carbonyl (C=O) groups is 1. The quantitative estimate of drug-likeness (QED) is 0.239. The first kappa shape index (κ1) is 22.6. The normalized spacial score (nSPS) is 14.3. The van der Waals surface area contributed by atoms with E-state index in [0.717, 1.165) is 10.0 Å². The fraction of sp³-hybridized carbons (Fsp3) is 0.0833. The van der Waals surface area contributed by atoms with Crippen LogP contribution in [0.2, 0.25) is 5.02 Å². The van der Waals surface area contributed by atoms with Crippen LogP contribution in [0.1, 0.15) is 16.7 Å². The van der Waals surface area contributed by atoms with Gasteiger partial charge in [0.25, 0.3) is 0 Å². The first-order valence-electron chi connectivity index (χ1n) is 9.47. The van der Waals surface area contributed by atoms with Crippen LogP contribution in [-0.2, 0) is 16.1 Å². The minimum Gasteiger partial charge on any atom is -0.493 e. The Morgan fingerprint density at radius 1 is 1.06 bits per heavy atom. The minimum atomic E-state index is -0.521. The van der Waals surface area contributed by atoms with Crippen molar-refractivity contribution in [3.05, 3.63) is 97.0 Å². The third-order valence-electron chi connectivity index (χ3n) is 4.55. The molecule has 3 aromatic rings. The summed E-state index contributed by atoms with van der Waals surface area (Å²) in [6.45, 7) is 0.321. The largest absolute Gasteiger partial charge is 0.493 e. The van der Waals surface area contributed by atoms with Crippen molar-refractivity contribution < 1.29 is 19.0 Å². The molecule has 1 heterocycles. The fourth-order valence-electron chi connectivity index (χ4n) is 3.06. The summed E-state index contributed by atoms with van der Waals surface area (Å²) in [5.74, 6) is 0.781. The number of benzene rings is 3. The first-order chi connectivity index (χ1) is 15.4. The Morgan fingerprint density at radius 3 is 2.62 bits per heavy atom. The molecule has 0 aliphatic carbocycles. The summed E-state index contributed by atoms with van der Waals surface area (Å²) in [6.07, 6.45) is 1.64. The van der Waals surface area contributed by atoms with E-state index in [1.807, 2.05) is 54.6 Å². The number of hydrogen-bond donors (Lipinski definition) is 0. The summed E-state index contributed by atoms with van der Waals surface area (Å²) >= 11 is 13.0. The van der Waals surface area contributed by atoms with Crippen molar-refractivity contribution in [2.75, 3.05) is 7.11 Å². The van der Waals surface area contributed by atoms with Crippen LogP contribution in [0.25, 0.3) is 6.08 Å². The molecule has 0 saturated heterocycles. The number of nitrogens with zero attached hydrogens (tertiary/aromatic N) is 1. The maximum absolute atomic E-state index is 12.4. The van der Waals surface area contributed by atoms with Gasteiger partial charge < -0.3 is 14.2 Å². The van der Waals surface area contributed by atoms with Gasteiger partial charge in [-0.3, -0.25) is 0 Å². The molecule has 0 spiro atoms. The number of esters is 1. The topological polar surface area (TPSA) is 57.1 Å². The summed E-state index contributed by atoms with van der Waals surface area (Å²) in [7, 11) is 1.55. The van der Waals surface area contributed by atoms with E-state index in [9.17, 15) is 4.79 Å². The molecule has 1 aliphatic heterocycles. The Morgan fingerprint density at radius 2 is 1.88 bits per heavy atom. The van der Waals surface area contributed by atoms with E-state index in [1.165, 1.54) is 0 Å². The number of halogens is 3. The molecular weight excluding hydrogens is 562 g/mol. The molecule has 5 nitrogen and oxygen atoms in total. The van der Waals surface area contributed by atoms with Gasteiger partial charge in [-0.2, -0.15) is 0 Å². The maximum atomic E-state index is 12.4. The number of hydrogen-bond acceptors (Lipinski definition) is 5. The van der Waals surface area contributed by atoms with Gasteiger partial charge in [0.05, 0.1) is 17.1 Å². The van der Waals surface area contributed by atoms with Crippen molar-refractivity contribution in [3.8, 4) is 11.5 Å². The molecular formula is C24H16Br2ClNO4. The maximum Gasteiger partial charge on any atom is 0.363 e. The van der Waals surface area contributed by atoms with Crippen LogP contribution in [0.4, 0.5) is 0 Å². The molecule has 0 atom stereocenters. The number of rotatable bonds is 6. The molecule has 8 heteroatoms. The lowest BCUT2D eigenvalue weighted by Crippen LogP contribution is -2.05. The van der Waals surface area contributed by atoms with Gasteiger partial charge in [-0.15, -0.1) is 0 Å². The summed E-state index contributed by atoms with van der Waals surface area (Å²) in [5, 5.41) is 0.644. The highest BCUT2D eigenvalue weighted by Gasteiger charge is 2.25.